The molecule has 0 bridgehead atoms. The molecule has 1 aromatic heterocycles. The van der Waals surface area contributed by atoms with Crippen molar-refractivity contribution in [3.05, 3.63) is 115 Å². The van der Waals surface area contributed by atoms with Gasteiger partial charge in [-0.15, -0.1) is 11.8 Å². The third-order valence-electron chi connectivity index (χ3n) is 4.49. The number of hydrogen-bond donors (Lipinski definition) is 2. The van der Waals surface area contributed by atoms with Gasteiger partial charge in [-0.3, -0.25) is 9.59 Å². The summed E-state index contributed by atoms with van der Waals surface area (Å²) in [5, 5.41) is 5.35. The molecule has 1 heterocycles. The van der Waals surface area contributed by atoms with Crippen LogP contribution in [-0.4, -0.2) is 11.8 Å². The number of anilines is 2. The lowest BCUT2D eigenvalue weighted by molar-refractivity contribution is -0.115. The Balaban J connectivity index is 1.49. The molecule has 31 heavy (non-hydrogen) atoms. The molecule has 0 aliphatic carbocycles. The predicted molar refractivity (Wildman–Crippen MR) is 123 cm³/mol. The quantitative estimate of drug-likeness (QED) is 0.354. The van der Waals surface area contributed by atoms with Gasteiger partial charge in [-0.2, -0.15) is 0 Å². The Morgan fingerprint density at radius 1 is 0.710 bits per heavy atom. The molecular weight excluding hydrogens is 408 g/mol. The summed E-state index contributed by atoms with van der Waals surface area (Å²) in [6, 6.07) is 29.7. The van der Waals surface area contributed by atoms with Crippen molar-refractivity contribution >= 4 is 35.0 Å². The summed E-state index contributed by atoms with van der Waals surface area (Å²) < 4.78 is 5.11. The first-order valence-corrected chi connectivity index (χ1v) is 10.6. The first kappa shape index (κ1) is 20.5. The van der Waals surface area contributed by atoms with E-state index in [-0.39, 0.29) is 17.6 Å². The third kappa shape index (κ3) is 5.43. The van der Waals surface area contributed by atoms with Crippen molar-refractivity contribution in [3.8, 4) is 0 Å². The summed E-state index contributed by atoms with van der Waals surface area (Å²) in [5.41, 5.74) is 2.32. The molecular formula is C25H20N2O3S. The van der Waals surface area contributed by atoms with Crippen molar-refractivity contribution in [1.82, 2.24) is 0 Å². The van der Waals surface area contributed by atoms with Crippen LogP contribution in [0.25, 0.3) is 0 Å². The van der Waals surface area contributed by atoms with Crippen LogP contribution in [0.15, 0.2) is 113 Å². The second kappa shape index (κ2) is 9.82. The Labute approximate surface area is 184 Å². The Bertz CT molecular complexity index is 1130. The molecule has 1 unspecified atom stereocenters. The van der Waals surface area contributed by atoms with Gasteiger partial charge < -0.3 is 15.1 Å². The van der Waals surface area contributed by atoms with E-state index < -0.39 is 5.25 Å². The maximum atomic E-state index is 13.1. The minimum Gasteiger partial charge on any atom is -0.459 e. The number of rotatable bonds is 7. The van der Waals surface area contributed by atoms with E-state index in [0.717, 1.165) is 16.1 Å². The van der Waals surface area contributed by atoms with E-state index in [1.54, 1.807) is 24.3 Å². The van der Waals surface area contributed by atoms with Crippen molar-refractivity contribution in [1.29, 1.82) is 0 Å². The van der Waals surface area contributed by atoms with Gasteiger partial charge in [-0.1, -0.05) is 48.5 Å². The van der Waals surface area contributed by atoms with Crippen LogP contribution in [-0.2, 0) is 4.79 Å². The second-order valence-electron chi connectivity index (χ2n) is 6.72. The Morgan fingerprint density at radius 3 is 2.00 bits per heavy atom. The Morgan fingerprint density at radius 2 is 1.35 bits per heavy atom. The fourth-order valence-electron chi connectivity index (χ4n) is 2.98. The summed E-state index contributed by atoms with van der Waals surface area (Å²) in [6.07, 6.45) is 1.46. The van der Waals surface area contributed by atoms with Gasteiger partial charge >= 0.3 is 0 Å². The lowest BCUT2D eigenvalue weighted by atomic mass is 10.1. The number of carbonyl (C=O) groups is 2. The molecule has 6 heteroatoms. The lowest BCUT2D eigenvalue weighted by Gasteiger charge is -2.17. The smallest absolute Gasteiger partial charge is 0.291 e. The molecule has 2 N–H and O–H groups in total. The van der Waals surface area contributed by atoms with Crippen LogP contribution in [0.3, 0.4) is 0 Å². The maximum Gasteiger partial charge on any atom is 0.291 e. The average molecular weight is 429 g/mol. The molecule has 3 aromatic carbocycles. The Hall–Kier alpha value is -3.77. The standard InChI is InChI=1S/C25H20N2O3S/c28-24(22-12-7-17-30-22)26-20-13-15-21(16-14-20)31-23(18-8-3-1-4-9-18)25(29)27-19-10-5-2-6-11-19/h1-17,23H,(H,26,28)(H,27,29). The normalized spacial score (nSPS) is 11.5. The first-order chi connectivity index (χ1) is 15.2. The van der Waals surface area contributed by atoms with Crippen molar-refractivity contribution in [2.45, 2.75) is 10.1 Å². The van der Waals surface area contributed by atoms with E-state index in [9.17, 15) is 9.59 Å². The number of nitrogens with one attached hydrogen (secondary N) is 2. The van der Waals surface area contributed by atoms with E-state index in [4.69, 9.17) is 4.42 Å². The van der Waals surface area contributed by atoms with Crippen LogP contribution in [0.2, 0.25) is 0 Å². The van der Waals surface area contributed by atoms with Crippen LogP contribution in [0.5, 0.6) is 0 Å². The van der Waals surface area contributed by atoms with Crippen molar-refractivity contribution < 1.29 is 14.0 Å². The van der Waals surface area contributed by atoms with Gasteiger partial charge in [-0.05, 0) is 54.1 Å². The lowest BCUT2D eigenvalue weighted by Crippen LogP contribution is -2.19. The summed E-state index contributed by atoms with van der Waals surface area (Å²) >= 11 is 1.45. The summed E-state index contributed by atoms with van der Waals surface area (Å²) in [4.78, 5) is 26.1. The molecule has 0 saturated carbocycles. The highest BCUT2D eigenvalue weighted by atomic mass is 32.2. The van der Waals surface area contributed by atoms with Gasteiger partial charge in [0.15, 0.2) is 5.76 Å². The minimum absolute atomic E-state index is 0.0994. The van der Waals surface area contributed by atoms with Crippen LogP contribution >= 0.6 is 11.8 Å². The Kier molecular flexibility index (Phi) is 6.50. The molecule has 0 aliphatic heterocycles. The number of hydrogen-bond acceptors (Lipinski definition) is 4. The zero-order valence-corrected chi connectivity index (χ0v) is 17.3. The molecule has 0 spiro atoms. The van der Waals surface area contributed by atoms with E-state index in [1.807, 2.05) is 72.8 Å². The zero-order chi connectivity index (χ0) is 21.5. The number of furan rings is 1. The van der Waals surface area contributed by atoms with E-state index in [0.29, 0.717) is 5.69 Å². The molecule has 1 atom stereocenters. The molecule has 0 saturated heterocycles. The molecule has 0 fully saturated rings. The fourth-order valence-corrected chi connectivity index (χ4v) is 4.01. The molecule has 5 nitrogen and oxygen atoms in total. The van der Waals surface area contributed by atoms with Gasteiger partial charge in [0.05, 0.1) is 6.26 Å². The van der Waals surface area contributed by atoms with E-state index >= 15 is 0 Å². The number of carbonyl (C=O) groups excluding carboxylic acids is 2. The van der Waals surface area contributed by atoms with Gasteiger partial charge in [0, 0.05) is 16.3 Å². The first-order valence-electron chi connectivity index (χ1n) is 9.71. The van der Waals surface area contributed by atoms with E-state index in [2.05, 4.69) is 10.6 Å². The van der Waals surface area contributed by atoms with Crippen LogP contribution in [0, 0.1) is 0 Å². The highest BCUT2D eigenvalue weighted by Gasteiger charge is 2.22. The van der Waals surface area contributed by atoms with Crippen LogP contribution < -0.4 is 10.6 Å². The molecule has 4 rings (SSSR count). The second-order valence-corrected chi connectivity index (χ2v) is 7.90. The summed E-state index contributed by atoms with van der Waals surface area (Å²) in [6.45, 7) is 0. The highest BCUT2D eigenvalue weighted by Crippen LogP contribution is 2.36. The van der Waals surface area contributed by atoms with E-state index in [1.165, 1.54) is 18.0 Å². The minimum atomic E-state index is -0.426. The number of amides is 2. The predicted octanol–water partition coefficient (Wildman–Crippen LogP) is 6.00. The zero-order valence-electron chi connectivity index (χ0n) is 16.5. The molecule has 2 amide bonds. The van der Waals surface area contributed by atoms with Gasteiger partial charge in [0.2, 0.25) is 5.91 Å². The molecule has 154 valence electrons. The number of para-hydroxylation sites is 1. The van der Waals surface area contributed by atoms with Crippen molar-refractivity contribution in [2.75, 3.05) is 10.6 Å². The van der Waals surface area contributed by atoms with Gasteiger partial charge in [-0.25, -0.2) is 0 Å². The monoisotopic (exact) mass is 428 g/mol. The largest absolute Gasteiger partial charge is 0.459 e. The number of benzene rings is 3. The fraction of sp³-hybridized carbons (Fsp3) is 0.0400. The van der Waals surface area contributed by atoms with Gasteiger partial charge in [0.1, 0.15) is 5.25 Å². The molecule has 4 aromatic rings. The molecule has 0 radical (unpaired) electrons. The molecule has 0 aliphatic rings. The SMILES string of the molecule is O=C(Nc1ccc(SC(C(=O)Nc2ccccc2)c2ccccc2)cc1)c1ccco1. The van der Waals surface area contributed by atoms with Crippen molar-refractivity contribution in [2.24, 2.45) is 0 Å². The summed E-state index contributed by atoms with van der Waals surface area (Å²) in [5.74, 6) is -0.160. The van der Waals surface area contributed by atoms with Crippen LogP contribution in [0.1, 0.15) is 21.4 Å². The average Bonchev–Trinajstić information content (AvgIpc) is 3.35. The topological polar surface area (TPSA) is 71.3 Å². The number of thioether (sulfide) groups is 1. The van der Waals surface area contributed by atoms with Crippen LogP contribution in [0.4, 0.5) is 11.4 Å². The summed E-state index contributed by atoms with van der Waals surface area (Å²) in [7, 11) is 0. The third-order valence-corrected chi connectivity index (χ3v) is 5.76. The van der Waals surface area contributed by atoms with Crippen molar-refractivity contribution in [3.63, 3.8) is 0 Å². The highest BCUT2D eigenvalue weighted by molar-refractivity contribution is 8.00. The maximum absolute atomic E-state index is 13.1. The van der Waals surface area contributed by atoms with Gasteiger partial charge in [0.25, 0.3) is 5.91 Å².